The van der Waals surface area contributed by atoms with E-state index >= 15 is 0 Å². The van der Waals surface area contributed by atoms with Crippen LogP contribution in [0.15, 0.2) is 109 Å². The Hall–Kier alpha value is -7.18. The zero-order valence-electron chi connectivity index (χ0n) is 81.2. The summed E-state index contributed by atoms with van der Waals surface area (Å²) in [4.78, 5) is 0. The fourth-order valence-corrected chi connectivity index (χ4v) is 19.5. The van der Waals surface area contributed by atoms with Gasteiger partial charge in [-0.3, -0.25) is 0 Å². The molecule has 0 atom stereocenters. The van der Waals surface area contributed by atoms with Gasteiger partial charge in [-0.2, -0.15) is 0 Å². The highest BCUT2D eigenvalue weighted by Crippen LogP contribution is 2.49. The summed E-state index contributed by atoms with van der Waals surface area (Å²) in [6, 6.07) is 42.9. The molecule has 0 aromatic heterocycles. The van der Waals surface area contributed by atoms with Crippen LogP contribution in [0.1, 0.15) is 460 Å². The Morgan fingerprint density at radius 1 is 0.151 bits per heavy atom. The molecule has 0 unspecified atom stereocenters. The van der Waals surface area contributed by atoms with Gasteiger partial charge in [-0.05, 0) is 166 Å². The van der Waals surface area contributed by atoms with Crippen molar-refractivity contribution >= 4 is 88.9 Å². The van der Waals surface area contributed by atoms with E-state index in [9.17, 15) is 0 Å². The first-order valence-electron chi connectivity index (χ1n) is 53.7. The number of aryl methyl sites for hydroxylation is 2. The molecule has 9 aromatic carbocycles. The van der Waals surface area contributed by atoms with E-state index in [1.54, 1.807) is 0 Å². The lowest BCUT2D eigenvalue weighted by atomic mass is 9.93. The Bertz CT molecular complexity index is 4250. The second-order valence-corrected chi connectivity index (χ2v) is 38.3. The minimum Gasteiger partial charge on any atom is -0.489 e. The van der Waals surface area contributed by atoms with E-state index in [2.05, 4.69) is 175 Å². The van der Waals surface area contributed by atoms with Crippen molar-refractivity contribution in [3.63, 3.8) is 0 Å². The summed E-state index contributed by atoms with van der Waals surface area (Å²) < 4.78 is 43.4. The summed E-state index contributed by atoms with van der Waals surface area (Å²) in [6.07, 6.45) is 88.3. The maximum Gasteiger partial charge on any atom is 0.169 e. The first-order valence-corrected chi connectivity index (χ1v) is 53.7. The minimum atomic E-state index is 0.661. The first-order chi connectivity index (χ1) is 62.4. The van der Waals surface area contributed by atoms with E-state index in [0.717, 1.165) is 140 Å². The van der Waals surface area contributed by atoms with Gasteiger partial charge in [0, 0.05) is 32.3 Å². The average molecular weight is 1710 g/mol. The fourth-order valence-electron chi connectivity index (χ4n) is 19.5. The number of rotatable bonds is 72. The summed E-state index contributed by atoms with van der Waals surface area (Å²) in [7, 11) is 0. The van der Waals surface area contributed by atoms with Crippen molar-refractivity contribution in [3.8, 4) is 34.5 Å². The van der Waals surface area contributed by atoms with Gasteiger partial charge < -0.3 is 28.4 Å². The van der Waals surface area contributed by atoms with Gasteiger partial charge in [0.25, 0.3) is 0 Å². The molecule has 12 bridgehead atoms. The zero-order chi connectivity index (χ0) is 87.7. The molecule has 126 heavy (non-hydrogen) atoms. The van der Waals surface area contributed by atoms with E-state index in [4.69, 9.17) is 28.4 Å². The SMILES string of the molecule is CCCCCCCCCCCCOc1c(OCCCCCCCCCCCC)c2ccc3cc2c2cc(ccc12)/C=C\c1ccc2c(OCCCCCCCCCCCC)c(OCCCCCCCCCCCC)c4ccc(cc4c2c1)CCc1ccc2c(OCCCCCCCCCCCC)c(OCCCCCCCCCCCC)c4ccc(cc4c2c1)/C=C\3. The molecule has 6 nitrogen and oxygen atoms in total. The summed E-state index contributed by atoms with van der Waals surface area (Å²) in [5.74, 6) is 5.38. The lowest BCUT2D eigenvalue weighted by Gasteiger charge is -2.20. The van der Waals surface area contributed by atoms with E-state index < -0.39 is 0 Å². The molecule has 1 aliphatic rings. The van der Waals surface area contributed by atoms with Crippen molar-refractivity contribution < 1.29 is 28.4 Å². The van der Waals surface area contributed by atoms with Gasteiger partial charge in [0.1, 0.15) is 0 Å². The average Bonchev–Trinajstić information content (AvgIpc) is 0.757. The first kappa shape index (κ1) is 101. The van der Waals surface area contributed by atoms with Crippen molar-refractivity contribution in [2.24, 2.45) is 0 Å². The number of hydrogen-bond donors (Lipinski definition) is 0. The van der Waals surface area contributed by atoms with Gasteiger partial charge in [0.05, 0.1) is 39.6 Å². The number of benzene rings is 9. The summed E-state index contributed by atoms with van der Waals surface area (Å²) >= 11 is 0. The van der Waals surface area contributed by atoms with Crippen LogP contribution in [-0.2, 0) is 12.8 Å². The smallest absolute Gasteiger partial charge is 0.169 e. The predicted octanol–water partition coefficient (Wildman–Crippen LogP) is 38.8. The second-order valence-electron chi connectivity index (χ2n) is 38.3. The van der Waals surface area contributed by atoms with Crippen LogP contribution < -0.4 is 28.4 Å². The molecule has 0 saturated carbocycles. The van der Waals surface area contributed by atoms with Crippen LogP contribution in [0.4, 0.5) is 0 Å². The Morgan fingerprint density at radius 3 is 0.460 bits per heavy atom. The summed E-state index contributed by atoms with van der Waals surface area (Å²) in [5, 5.41) is 13.9. The molecule has 0 N–H and O–H groups in total. The highest BCUT2D eigenvalue weighted by molar-refractivity contribution is 6.17. The Kier molecular flexibility index (Phi) is 49.8. The topological polar surface area (TPSA) is 55.4 Å². The van der Waals surface area contributed by atoms with Gasteiger partial charge in [-0.1, -0.05) is 473 Å². The molecule has 0 radical (unpaired) electrons. The predicted molar refractivity (Wildman–Crippen MR) is 554 cm³/mol. The maximum absolute atomic E-state index is 7.23. The normalized spacial score (nSPS) is 12.8. The zero-order valence-corrected chi connectivity index (χ0v) is 81.2. The Labute approximate surface area is 768 Å². The van der Waals surface area contributed by atoms with Crippen LogP contribution in [0.3, 0.4) is 0 Å². The van der Waals surface area contributed by atoms with E-state index in [1.807, 2.05) is 0 Å². The van der Waals surface area contributed by atoms with E-state index in [0.29, 0.717) is 39.6 Å². The van der Waals surface area contributed by atoms with Crippen LogP contribution in [0.2, 0.25) is 0 Å². The largest absolute Gasteiger partial charge is 0.489 e. The van der Waals surface area contributed by atoms with Gasteiger partial charge >= 0.3 is 0 Å². The Morgan fingerprint density at radius 2 is 0.294 bits per heavy atom. The quantitative estimate of drug-likeness (QED) is 0.0280. The van der Waals surface area contributed by atoms with Gasteiger partial charge in [-0.15, -0.1) is 0 Å². The molecule has 6 heteroatoms. The summed E-state index contributed by atoms with van der Waals surface area (Å²) in [6.45, 7) is 17.9. The summed E-state index contributed by atoms with van der Waals surface area (Å²) in [5.41, 5.74) is 7.23. The standard InChI is InChI=1S/C120H176O6/c1-7-13-19-25-31-37-43-49-55-61-85-121-115-103-79-73-97-67-68-99-75-81-105-111(93-99)113-95-101(77-83-107(113)119(125-89-65-59-53-47-41-35-29-23-17-11-5)117(105)123-87-63-57-51-45-39-33-27-21-15-9-3)71-72-102-78-84-108-114(96-102)112-94-100(70-69-98-74-80-104(110(92-98)109(103)91-97)116(115)122-86-62-56-50-44-38-32-26-20-14-8-2)76-82-106(112)118(124-88-64-58-52-46-40-34-28-22-16-10-4)120(108)126-90-66-60-54-48-42-36-30-24-18-12-6/h67-70,73-84,91-96H,7-66,71-72,85-90H2,1-6H3/b68-67-,70-69-. The molecule has 692 valence electrons. The molecule has 1 aliphatic carbocycles. The molecule has 0 amide bonds. The lowest BCUT2D eigenvalue weighted by molar-refractivity contribution is 0.263. The van der Waals surface area contributed by atoms with Gasteiger partial charge in [0.15, 0.2) is 34.5 Å². The van der Waals surface area contributed by atoms with Crippen molar-refractivity contribution in [2.75, 3.05) is 39.6 Å². The third kappa shape index (κ3) is 34.9. The van der Waals surface area contributed by atoms with Crippen LogP contribution >= 0.6 is 0 Å². The molecular weight excluding hydrogens is 1540 g/mol. The van der Waals surface area contributed by atoms with Crippen LogP contribution in [0, 0.1) is 0 Å². The van der Waals surface area contributed by atoms with Crippen LogP contribution in [0.5, 0.6) is 34.5 Å². The maximum atomic E-state index is 7.23. The fraction of sp³-hybridized carbons (Fsp3) is 0.617. The van der Waals surface area contributed by atoms with Gasteiger partial charge in [-0.25, -0.2) is 0 Å². The third-order valence-corrected chi connectivity index (χ3v) is 27.4. The third-order valence-electron chi connectivity index (χ3n) is 27.4. The number of fused-ring (bicyclic) bond motifs is 6. The van der Waals surface area contributed by atoms with Gasteiger partial charge in [0.2, 0.25) is 0 Å². The minimum absolute atomic E-state index is 0.661. The highest BCUT2D eigenvalue weighted by atomic mass is 16.5. The molecule has 0 spiro atoms. The van der Waals surface area contributed by atoms with Crippen LogP contribution in [-0.4, -0.2) is 39.6 Å². The second kappa shape index (κ2) is 62.2. The monoisotopic (exact) mass is 1710 g/mol. The molecule has 0 fully saturated rings. The number of hydrogen-bond acceptors (Lipinski definition) is 6. The molecule has 9 aromatic rings. The van der Waals surface area contributed by atoms with Crippen LogP contribution in [0.25, 0.3) is 88.9 Å². The number of unbranched alkanes of at least 4 members (excludes halogenated alkanes) is 54. The lowest BCUT2D eigenvalue weighted by Crippen LogP contribution is -2.05. The number of ether oxygens (including phenoxy) is 6. The molecule has 0 saturated heterocycles. The molecule has 0 aliphatic heterocycles. The molecule has 10 rings (SSSR count). The van der Waals surface area contributed by atoms with E-state index in [1.165, 1.54) is 390 Å². The van der Waals surface area contributed by atoms with Crippen molar-refractivity contribution in [2.45, 2.75) is 440 Å². The van der Waals surface area contributed by atoms with Crippen molar-refractivity contribution in [1.82, 2.24) is 0 Å². The molecule has 0 heterocycles. The molecular formula is C120H176O6. The Balaban J connectivity index is 1.07. The highest BCUT2D eigenvalue weighted by Gasteiger charge is 2.24. The van der Waals surface area contributed by atoms with Crippen molar-refractivity contribution in [3.05, 3.63) is 143 Å². The van der Waals surface area contributed by atoms with Crippen molar-refractivity contribution in [1.29, 1.82) is 0 Å². The van der Waals surface area contributed by atoms with E-state index in [-0.39, 0.29) is 0 Å².